The second-order valence-electron chi connectivity index (χ2n) is 6.42. The van der Waals surface area contributed by atoms with Crippen molar-refractivity contribution in [3.63, 3.8) is 0 Å². The Morgan fingerprint density at radius 2 is 2.00 bits per heavy atom. The lowest BCUT2D eigenvalue weighted by molar-refractivity contribution is 0.220. The van der Waals surface area contributed by atoms with Crippen LogP contribution in [0.15, 0.2) is 33.0 Å². The molecule has 3 heteroatoms. The van der Waals surface area contributed by atoms with Gasteiger partial charge >= 0.3 is 5.63 Å². The van der Waals surface area contributed by atoms with Crippen molar-refractivity contribution in [3.8, 4) is 5.75 Å². The first-order valence-electron chi connectivity index (χ1n) is 8.09. The first kappa shape index (κ1) is 13.6. The summed E-state index contributed by atoms with van der Waals surface area (Å²) in [6, 6.07) is 5.58. The molecule has 0 N–H and O–H groups in total. The van der Waals surface area contributed by atoms with Gasteiger partial charge in [-0.1, -0.05) is 6.42 Å². The molecule has 2 heterocycles. The summed E-state index contributed by atoms with van der Waals surface area (Å²) in [5, 5.41) is 0.994. The zero-order valence-electron chi connectivity index (χ0n) is 13.1. The smallest absolute Gasteiger partial charge is 0.336 e. The Bertz CT molecular complexity index is 842. The Hall–Kier alpha value is -2.03. The quantitative estimate of drug-likeness (QED) is 0.667. The number of fused-ring (bicyclic) bond motifs is 4. The molecule has 0 bridgehead atoms. The summed E-state index contributed by atoms with van der Waals surface area (Å²) < 4.78 is 11.8. The van der Waals surface area contributed by atoms with Gasteiger partial charge in [0, 0.05) is 11.5 Å². The van der Waals surface area contributed by atoms with Gasteiger partial charge in [0.2, 0.25) is 0 Å². The maximum Gasteiger partial charge on any atom is 0.336 e. The van der Waals surface area contributed by atoms with Crippen molar-refractivity contribution in [1.29, 1.82) is 0 Å². The molecule has 1 saturated carbocycles. The van der Waals surface area contributed by atoms with Crippen molar-refractivity contribution in [2.24, 2.45) is 0 Å². The number of benzene rings is 1. The van der Waals surface area contributed by atoms with E-state index in [1.54, 1.807) is 6.07 Å². The van der Waals surface area contributed by atoms with Crippen molar-refractivity contribution in [2.75, 3.05) is 0 Å². The van der Waals surface area contributed by atoms with E-state index in [1.807, 2.05) is 19.1 Å². The minimum atomic E-state index is -0.292. The highest BCUT2D eigenvalue weighted by Gasteiger charge is 2.29. The monoisotopic (exact) mass is 296 g/mol. The Labute approximate surface area is 129 Å². The van der Waals surface area contributed by atoms with Gasteiger partial charge in [-0.15, -0.1) is 0 Å². The maximum absolute atomic E-state index is 11.8. The molecule has 2 aliphatic rings. The van der Waals surface area contributed by atoms with Crippen LogP contribution in [0.25, 0.3) is 16.5 Å². The molecule has 1 unspecified atom stereocenters. The summed E-state index contributed by atoms with van der Waals surface area (Å²) in [6.07, 6.45) is 6.07. The van der Waals surface area contributed by atoms with Crippen molar-refractivity contribution in [2.45, 2.75) is 52.1 Å². The Kier molecular flexibility index (Phi) is 3.10. The normalized spacial score (nSPS) is 21.1. The molecule has 0 spiro atoms. The van der Waals surface area contributed by atoms with Crippen molar-refractivity contribution >= 4 is 16.5 Å². The van der Waals surface area contributed by atoms with Gasteiger partial charge in [0.05, 0.1) is 5.56 Å². The molecule has 1 aromatic heterocycles. The van der Waals surface area contributed by atoms with E-state index in [0.29, 0.717) is 5.58 Å². The fraction of sp³-hybridized carbons (Fsp3) is 0.421. The molecule has 1 atom stereocenters. The van der Waals surface area contributed by atoms with Crippen molar-refractivity contribution in [3.05, 3.63) is 45.3 Å². The highest BCUT2D eigenvalue weighted by molar-refractivity contribution is 5.95. The van der Waals surface area contributed by atoms with E-state index in [1.165, 1.54) is 30.4 Å². The number of ether oxygens (including phenoxy) is 1. The van der Waals surface area contributed by atoms with E-state index in [2.05, 4.69) is 6.92 Å². The van der Waals surface area contributed by atoms with Crippen LogP contribution in [0.5, 0.6) is 5.75 Å². The first-order chi connectivity index (χ1) is 10.6. The number of hydrogen-bond donors (Lipinski definition) is 0. The SMILES string of the molecule is CC1=C2CCCCCC2Oc2ccc3c(C)cc(=O)oc3c21. The number of allylic oxidation sites excluding steroid dienone is 1. The van der Waals surface area contributed by atoms with Crippen LogP contribution < -0.4 is 10.4 Å². The summed E-state index contributed by atoms with van der Waals surface area (Å²) >= 11 is 0. The molecule has 1 aliphatic heterocycles. The average molecular weight is 296 g/mol. The van der Waals surface area contributed by atoms with Crippen LogP contribution in [0.2, 0.25) is 0 Å². The fourth-order valence-electron chi connectivity index (χ4n) is 3.85. The standard InChI is InChI=1S/C19H20O3/c1-11-10-17(20)22-19-13(11)8-9-16-18(19)12(2)14-6-4-3-5-7-15(14)21-16/h8-10,15H,3-7H2,1-2H3. The molecular formula is C19H20O3. The molecule has 114 valence electrons. The average Bonchev–Trinajstić information content (AvgIpc) is 2.72. The lowest BCUT2D eigenvalue weighted by Gasteiger charge is -2.29. The van der Waals surface area contributed by atoms with Gasteiger partial charge in [0.25, 0.3) is 0 Å². The number of rotatable bonds is 0. The molecule has 1 aromatic carbocycles. The predicted octanol–water partition coefficient (Wildman–Crippen LogP) is 4.60. The highest BCUT2D eigenvalue weighted by Crippen LogP contribution is 2.43. The molecule has 3 nitrogen and oxygen atoms in total. The van der Waals surface area contributed by atoms with Gasteiger partial charge < -0.3 is 9.15 Å². The maximum atomic E-state index is 11.8. The molecule has 2 aromatic rings. The molecule has 0 saturated heterocycles. The van der Waals surface area contributed by atoms with Crippen LogP contribution in [-0.4, -0.2) is 6.10 Å². The third-order valence-corrected chi connectivity index (χ3v) is 5.01. The zero-order chi connectivity index (χ0) is 15.3. The molecule has 1 fully saturated rings. The van der Waals surface area contributed by atoms with Gasteiger partial charge in [-0.05, 0) is 68.4 Å². The van der Waals surface area contributed by atoms with E-state index in [0.717, 1.165) is 35.1 Å². The van der Waals surface area contributed by atoms with Crippen LogP contribution in [0.4, 0.5) is 0 Å². The van der Waals surface area contributed by atoms with Gasteiger partial charge in [-0.2, -0.15) is 0 Å². The van der Waals surface area contributed by atoms with Crippen LogP contribution in [-0.2, 0) is 0 Å². The van der Waals surface area contributed by atoms with Crippen LogP contribution >= 0.6 is 0 Å². The molecule has 0 radical (unpaired) electrons. The Morgan fingerprint density at radius 1 is 1.14 bits per heavy atom. The lowest BCUT2D eigenvalue weighted by Crippen LogP contribution is -2.23. The summed E-state index contributed by atoms with van der Waals surface area (Å²) in [6.45, 7) is 4.10. The third kappa shape index (κ3) is 1.99. The van der Waals surface area contributed by atoms with E-state index < -0.39 is 0 Å². The minimum absolute atomic E-state index is 0.198. The Balaban J connectivity index is 2.02. The van der Waals surface area contributed by atoms with Crippen LogP contribution in [0, 0.1) is 6.92 Å². The highest BCUT2D eigenvalue weighted by atomic mass is 16.5. The van der Waals surface area contributed by atoms with Gasteiger partial charge in [-0.3, -0.25) is 0 Å². The number of hydrogen-bond acceptors (Lipinski definition) is 3. The van der Waals surface area contributed by atoms with Gasteiger partial charge in [-0.25, -0.2) is 4.79 Å². The summed E-state index contributed by atoms with van der Waals surface area (Å²) in [5.41, 5.74) is 4.95. The van der Waals surface area contributed by atoms with Crippen molar-refractivity contribution < 1.29 is 9.15 Å². The van der Waals surface area contributed by atoms with Crippen LogP contribution in [0.1, 0.15) is 50.2 Å². The fourth-order valence-corrected chi connectivity index (χ4v) is 3.85. The van der Waals surface area contributed by atoms with E-state index in [9.17, 15) is 4.79 Å². The molecule has 22 heavy (non-hydrogen) atoms. The predicted molar refractivity (Wildman–Crippen MR) is 87.3 cm³/mol. The Morgan fingerprint density at radius 3 is 2.86 bits per heavy atom. The number of aryl methyl sites for hydroxylation is 1. The van der Waals surface area contributed by atoms with Gasteiger partial charge in [0.15, 0.2) is 0 Å². The minimum Gasteiger partial charge on any atom is -0.485 e. The molecular weight excluding hydrogens is 276 g/mol. The summed E-state index contributed by atoms with van der Waals surface area (Å²) in [7, 11) is 0. The molecule has 0 amide bonds. The molecule has 4 rings (SSSR count). The lowest BCUT2D eigenvalue weighted by atomic mass is 9.89. The second-order valence-corrected chi connectivity index (χ2v) is 6.42. The topological polar surface area (TPSA) is 39.4 Å². The molecule has 1 aliphatic carbocycles. The zero-order valence-corrected chi connectivity index (χ0v) is 13.1. The second kappa shape index (κ2) is 5.01. The largest absolute Gasteiger partial charge is 0.485 e. The van der Waals surface area contributed by atoms with Crippen molar-refractivity contribution in [1.82, 2.24) is 0 Å². The van der Waals surface area contributed by atoms with E-state index in [-0.39, 0.29) is 11.7 Å². The summed E-state index contributed by atoms with van der Waals surface area (Å²) in [4.78, 5) is 11.8. The van der Waals surface area contributed by atoms with E-state index in [4.69, 9.17) is 9.15 Å². The van der Waals surface area contributed by atoms with E-state index >= 15 is 0 Å². The van der Waals surface area contributed by atoms with Crippen LogP contribution in [0.3, 0.4) is 0 Å². The third-order valence-electron chi connectivity index (χ3n) is 5.01. The summed E-state index contributed by atoms with van der Waals surface area (Å²) in [5.74, 6) is 0.856. The van der Waals surface area contributed by atoms with Gasteiger partial charge in [0.1, 0.15) is 17.4 Å². The first-order valence-corrected chi connectivity index (χ1v) is 8.09.